The molecule has 4 N–H and O–H groups in total. The van der Waals surface area contributed by atoms with Crippen LogP contribution in [-0.4, -0.2) is 28.4 Å². The lowest BCUT2D eigenvalue weighted by molar-refractivity contribution is 0.103. The molecule has 4 rings (SSSR count). The lowest BCUT2D eigenvalue weighted by Gasteiger charge is -2.26. The van der Waals surface area contributed by atoms with Crippen LogP contribution in [0, 0.1) is 0 Å². The Labute approximate surface area is 166 Å². The van der Waals surface area contributed by atoms with E-state index in [4.69, 9.17) is 5.73 Å². The molecule has 3 aromatic rings. The summed E-state index contributed by atoms with van der Waals surface area (Å²) in [6.45, 7) is 1.09. The Morgan fingerprint density at radius 2 is 1.89 bits per heavy atom. The van der Waals surface area contributed by atoms with Crippen molar-refractivity contribution in [1.29, 1.82) is 0 Å². The molecule has 0 atom stereocenters. The third kappa shape index (κ3) is 3.81. The van der Waals surface area contributed by atoms with Crippen LogP contribution < -0.4 is 16.4 Å². The SMILES string of the molecule is Nc1ccccc1NC(=O)c1cc2c(s1)CN(C(=O)Nc1ccncc1)CC2. The Morgan fingerprint density at radius 3 is 2.68 bits per heavy atom. The van der Waals surface area contributed by atoms with Gasteiger partial charge in [0.05, 0.1) is 22.8 Å². The molecule has 0 saturated carbocycles. The van der Waals surface area contributed by atoms with Crippen molar-refractivity contribution < 1.29 is 9.59 Å². The van der Waals surface area contributed by atoms with Crippen LogP contribution in [0.4, 0.5) is 21.9 Å². The summed E-state index contributed by atoms with van der Waals surface area (Å²) in [7, 11) is 0. The third-order valence-electron chi connectivity index (χ3n) is 4.53. The molecule has 0 bridgehead atoms. The number of carbonyl (C=O) groups excluding carboxylic acids is 2. The van der Waals surface area contributed by atoms with Gasteiger partial charge in [0.25, 0.3) is 5.91 Å². The minimum atomic E-state index is -0.190. The summed E-state index contributed by atoms with van der Waals surface area (Å²) in [5.41, 5.74) is 8.83. The second-order valence-corrected chi connectivity index (χ2v) is 7.57. The van der Waals surface area contributed by atoms with Gasteiger partial charge < -0.3 is 21.3 Å². The van der Waals surface area contributed by atoms with Crippen LogP contribution in [0.15, 0.2) is 54.9 Å². The van der Waals surface area contributed by atoms with Gasteiger partial charge in [-0.05, 0) is 42.3 Å². The summed E-state index contributed by atoms with van der Waals surface area (Å²) in [4.78, 5) is 32.4. The molecule has 3 heterocycles. The average Bonchev–Trinajstić information content (AvgIpc) is 3.14. The van der Waals surface area contributed by atoms with E-state index in [0.717, 1.165) is 16.9 Å². The number of aromatic nitrogens is 1. The normalized spacial score (nSPS) is 12.9. The third-order valence-corrected chi connectivity index (χ3v) is 5.69. The van der Waals surface area contributed by atoms with E-state index in [9.17, 15) is 9.59 Å². The highest BCUT2D eigenvalue weighted by atomic mass is 32.1. The zero-order valence-electron chi connectivity index (χ0n) is 15.0. The van der Waals surface area contributed by atoms with Gasteiger partial charge >= 0.3 is 6.03 Å². The Morgan fingerprint density at radius 1 is 1.11 bits per heavy atom. The second-order valence-electron chi connectivity index (χ2n) is 6.44. The van der Waals surface area contributed by atoms with Crippen LogP contribution >= 0.6 is 11.3 Å². The van der Waals surface area contributed by atoms with Gasteiger partial charge in [0.2, 0.25) is 0 Å². The Kier molecular flexibility index (Phi) is 4.94. The number of pyridine rings is 1. The van der Waals surface area contributed by atoms with Crippen molar-refractivity contribution in [2.75, 3.05) is 22.9 Å². The van der Waals surface area contributed by atoms with Crippen molar-refractivity contribution >= 4 is 40.3 Å². The molecule has 0 spiro atoms. The number of hydrogen-bond acceptors (Lipinski definition) is 5. The summed E-state index contributed by atoms with van der Waals surface area (Å²) in [6, 6.07) is 12.4. The van der Waals surface area contributed by atoms with E-state index in [1.54, 1.807) is 41.6 Å². The van der Waals surface area contributed by atoms with Gasteiger partial charge in [-0.25, -0.2) is 4.79 Å². The quantitative estimate of drug-likeness (QED) is 0.592. The maximum Gasteiger partial charge on any atom is 0.322 e. The van der Waals surface area contributed by atoms with Crippen molar-refractivity contribution in [3.63, 3.8) is 0 Å². The van der Waals surface area contributed by atoms with Crippen LogP contribution in [0.25, 0.3) is 0 Å². The van der Waals surface area contributed by atoms with Gasteiger partial charge in [-0.2, -0.15) is 0 Å². The zero-order chi connectivity index (χ0) is 19.5. The number of thiophene rings is 1. The molecule has 0 radical (unpaired) electrons. The first-order valence-corrected chi connectivity index (χ1v) is 9.65. The molecule has 1 aliphatic rings. The highest BCUT2D eigenvalue weighted by molar-refractivity contribution is 7.14. The molecule has 1 aliphatic heterocycles. The number of nitrogens with zero attached hydrogens (tertiary/aromatic N) is 2. The van der Waals surface area contributed by atoms with Gasteiger partial charge in [0, 0.05) is 29.5 Å². The zero-order valence-corrected chi connectivity index (χ0v) is 15.8. The monoisotopic (exact) mass is 393 g/mol. The van der Waals surface area contributed by atoms with Crippen molar-refractivity contribution in [3.05, 3.63) is 70.2 Å². The summed E-state index contributed by atoms with van der Waals surface area (Å²) in [6.07, 6.45) is 3.98. The fraction of sp³-hybridized carbons (Fsp3) is 0.150. The van der Waals surface area contributed by atoms with E-state index in [1.165, 1.54) is 11.3 Å². The molecule has 142 valence electrons. The molecule has 0 saturated heterocycles. The number of nitrogens with one attached hydrogen (secondary N) is 2. The molecule has 2 aromatic heterocycles. The maximum absolute atomic E-state index is 12.6. The summed E-state index contributed by atoms with van der Waals surface area (Å²) >= 11 is 1.41. The van der Waals surface area contributed by atoms with Gasteiger partial charge in [0.1, 0.15) is 0 Å². The molecule has 3 amide bonds. The minimum absolute atomic E-state index is 0.159. The van der Waals surface area contributed by atoms with E-state index in [1.807, 2.05) is 18.2 Å². The van der Waals surface area contributed by atoms with Crippen molar-refractivity contribution in [2.24, 2.45) is 0 Å². The van der Waals surface area contributed by atoms with E-state index >= 15 is 0 Å². The van der Waals surface area contributed by atoms with Crippen LogP contribution in [0.3, 0.4) is 0 Å². The van der Waals surface area contributed by atoms with Gasteiger partial charge in [0.15, 0.2) is 0 Å². The van der Waals surface area contributed by atoms with Crippen LogP contribution in [0.2, 0.25) is 0 Å². The molecule has 0 fully saturated rings. The molecule has 8 heteroatoms. The number of fused-ring (bicyclic) bond motifs is 1. The number of anilines is 3. The standard InChI is InChI=1S/C20H19N5O2S/c21-15-3-1-2-4-16(15)24-19(26)17-11-13-7-10-25(12-18(13)28-17)20(27)23-14-5-8-22-9-6-14/h1-6,8-9,11H,7,10,12,21H2,(H,24,26)(H,22,23,27). The maximum atomic E-state index is 12.6. The second kappa shape index (κ2) is 7.69. The highest BCUT2D eigenvalue weighted by Crippen LogP contribution is 2.29. The van der Waals surface area contributed by atoms with Crippen molar-refractivity contribution in [3.8, 4) is 0 Å². The first-order valence-electron chi connectivity index (χ1n) is 8.83. The fourth-order valence-electron chi connectivity index (χ4n) is 3.04. The predicted octanol–water partition coefficient (Wildman–Crippen LogP) is 3.57. The molecule has 1 aromatic carbocycles. The molecular formula is C20H19N5O2S. The molecule has 0 unspecified atom stereocenters. The topological polar surface area (TPSA) is 100 Å². The van der Waals surface area contributed by atoms with Crippen LogP contribution in [-0.2, 0) is 13.0 Å². The number of benzene rings is 1. The number of nitrogen functional groups attached to an aromatic ring is 1. The fourth-order valence-corrected chi connectivity index (χ4v) is 4.16. The van der Waals surface area contributed by atoms with Crippen molar-refractivity contribution in [1.82, 2.24) is 9.88 Å². The Bertz CT molecular complexity index is 1020. The van der Waals surface area contributed by atoms with Crippen LogP contribution in [0.5, 0.6) is 0 Å². The van der Waals surface area contributed by atoms with Gasteiger partial charge in [-0.3, -0.25) is 9.78 Å². The van der Waals surface area contributed by atoms with E-state index in [-0.39, 0.29) is 11.9 Å². The molecule has 28 heavy (non-hydrogen) atoms. The average molecular weight is 393 g/mol. The van der Waals surface area contributed by atoms with Gasteiger partial charge in [-0.15, -0.1) is 11.3 Å². The number of para-hydroxylation sites is 2. The smallest absolute Gasteiger partial charge is 0.322 e. The van der Waals surface area contributed by atoms with Gasteiger partial charge in [-0.1, -0.05) is 12.1 Å². The number of hydrogen-bond donors (Lipinski definition) is 3. The Hall–Kier alpha value is -3.39. The highest BCUT2D eigenvalue weighted by Gasteiger charge is 2.24. The summed E-state index contributed by atoms with van der Waals surface area (Å²) < 4.78 is 0. The number of nitrogens with two attached hydrogens (primary N) is 1. The van der Waals surface area contributed by atoms with E-state index < -0.39 is 0 Å². The van der Waals surface area contributed by atoms with E-state index in [0.29, 0.717) is 35.0 Å². The number of rotatable bonds is 3. The van der Waals surface area contributed by atoms with E-state index in [2.05, 4.69) is 15.6 Å². The Balaban J connectivity index is 1.44. The summed E-state index contributed by atoms with van der Waals surface area (Å²) in [5.74, 6) is -0.190. The lowest BCUT2D eigenvalue weighted by Crippen LogP contribution is -2.38. The van der Waals surface area contributed by atoms with Crippen molar-refractivity contribution in [2.45, 2.75) is 13.0 Å². The minimum Gasteiger partial charge on any atom is -0.397 e. The number of urea groups is 1. The number of amides is 3. The summed E-state index contributed by atoms with van der Waals surface area (Å²) in [5, 5.41) is 5.72. The largest absolute Gasteiger partial charge is 0.397 e. The molecule has 7 nitrogen and oxygen atoms in total. The predicted molar refractivity (Wildman–Crippen MR) is 110 cm³/mol. The molecular weight excluding hydrogens is 374 g/mol. The lowest BCUT2D eigenvalue weighted by atomic mass is 10.1. The number of carbonyl (C=O) groups is 2. The first kappa shape index (κ1) is 18.0. The molecule has 0 aliphatic carbocycles. The van der Waals surface area contributed by atoms with Crippen LogP contribution in [0.1, 0.15) is 20.1 Å². The first-order chi connectivity index (χ1) is 13.6.